The summed E-state index contributed by atoms with van der Waals surface area (Å²) >= 11 is 1.75. The molecule has 0 bridgehead atoms. The summed E-state index contributed by atoms with van der Waals surface area (Å²) in [4.78, 5) is 16.1. The Labute approximate surface area is 131 Å². The Balaban J connectivity index is 1.88. The average Bonchev–Trinajstić information content (AvgIpc) is 3.21. The van der Waals surface area contributed by atoms with Crippen molar-refractivity contribution in [3.05, 3.63) is 29.8 Å². The van der Waals surface area contributed by atoms with Crippen LogP contribution in [0.3, 0.4) is 0 Å². The Kier molecular flexibility index (Phi) is 4.02. The number of hydrogen-bond donors (Lipinski definition) is 1. The highest BCUT2D eigenvalue weighted by atomic mass is 32.2. The quantitative estimate of drug-likeness (QED) is 0.844. The molecule has 2 atom stereocenters. The van der Waals surface area contributed by atoms with Gasteiger partial charge in [-0.05, 0) is 50.1 Å². The van der Waals surface area contributed by atoms with E-state index in [1.165, 1.54) is 10.5 Å². The minimum Gasteiger partial charge on any atom is -0.319 e. The number of nitrogens with zero attached hydrogens (tertiary/aromatic N) is 1. The molecule has 1 N–H and O–H groups in total. The Hall–Kier alpha value is -1.00. The molecule has 1 aliphatic carbocycles. The predicted molar refractivity (Wildman–Crippen MR) is 87.3 cm³/mol. The Morgan fingerprint density at radius 3 is 2.57 bits per heavy atom. The number of benzene rings is 1. The maximum absolute atomic E-state index is 12.8. The van der Waals surface area contributed by atoms with Crippen molar-refractivity contribution in [3.8, 4) is 0 Å². The van der Waals surface area contributed by atoms with Gasteiger partial charge in [0.15, 0.2) is 0 Å². The van der Waals surface area contributed by atoms with E-state index in [9.17, 15) is 4.79 Å². The molecule has 0 aromatic heterocycles. The van der Waals surface area contributed by atoms with Crippen LogP contribution >= 0.6 is 11.8 Å². The third-order valence-corrected chi connectivity index (χ3v) is 5.44. The Morgan fingerprint density at radius 1 is 1.38 bits per heavy atom. The Morgan fingerprint density at radius 2 is 2.05 bits per heavy atom. The second-order valence-corrected chi connectivity index (χ2v) is 7.13. The fraction of sp³-hybridized carbons (Fsp3) is 0.588. The molecule has 2 fully saturated rings. The van der Waals surface area contributed by atoms with Crippen LogP contribution in [0.15, 0.2) is 29.2 Å². The van der Waals surface area contributed by atoms with Gasteiger partial charge in [-0.1, -0.05) is 25.5 Å². The molecule has 1 aromatic carbocycles. The van der Waals surface area contributed by atoms with Gasteiger partial charge in [0.1, 0.15) is 11.7 Å². The zero-order chi connectivity index (χ0) is 15.0. The lowest BCUT2D eigenvalue weighted by Gasteiger charge is -2.30. The van der Waals surface area contributed by atoms with Crippen LogP contribution in [-0.2, 0) is 4.79 Å². The molecule has 1 aromatic rings. The molecule has 2 aliphatic rings. The lowest BCUT2D eigenvalue weighted by Crippen LogP contribution is -2.38. The average molecular weight is 304 g/mol. The number of thioether (sulfide) groups is 1. The third kappa shape index (κ3) is 2.59. The normalized spacial score (nSPS) is 24.6. The molecule has 3 nitrogen and oxygen atoms in total. The Bertz CT molecular complexity index is 524. The van der Waals surface area contributed by atoms with E-state index in [0.717, 1.165) is 25.7 Å². The van der Waals surface area contributed by atoms with Crippen LogP contribution in [0.25, 0.3) is 0 Å². The fourth-order valence-corrected chi connectivity index (χ4v) is 3.69. The predicted octanol–water partition coefficient (Wildman–Crippen LogP) is 3.56. The lowest BCUT2D eigenvalue weighted by atomic mass is 10.1. The third-order valence-electron chi connectivity index (χ3n) is 4.70. The molecule has 1 spiro atoms. The second-order valence-electron chi connectivity index (χ2n) is 6.25. The summed E-state index contributed by atoms with van der Waals surface area (Å²) in [5.41, 5.74) is 0.957. The van der Waals surface area contributed by atoms with E-state index in [1.807, 2.05) is 0 Å². The van der Waals surface area contributed by atoms with Crippen LogP contribution in [0.4, 0.5) is 0 Å². The van der Waals surface area contributed by atoms with Gasteiger partial charge in [0.25, 0.3) is 0 Å². The largest absolute Gasteiger partial charge is 0.319 e. The molecule has 0 radical (unpaired) electrons. The van der Waals surface area contributed by atoms with Crippen molar-refractivity contribution in [1.29, 1.82) is 0 Å². The SMILES string of the molecule is CCCC(C)N1C(=O)C2(CC2)NC1c1ccc(SC)cc1. The molecular formula is C17H24N2OS. The summed E-state index contributed by atoms with van der Waals surface area (Å²) in [5, 5.41) is 3.60. The first-order valence-corrected chi connectivity index (χ1v) is 9.08. The minimum absolute atomic E-state index is 0.0393. The van der Waals surface area contributed by atoms with Crippen molar-refractivity contribution < 1.29 is 4.79 Å². The molecule has 4 heteroatoms. The molecular weight excluding hydrogens is 280 g/mol. The van der Waals surface area contributed by atoms with E-state index in [1.54, 1.807) is 11.8 Å². The van der Waals surface area contributed by atoms with Crippen LogP contribution in [0.1, 0.15) is 51.3 Å². The fourth-order valence-electron chi connectivity index (χ4n) is 3.28. The maximum Gasteiger partial charge on any atom is 0.244 e. The molecule has 1 amide bonds. The van der Waals surface area contributed by atoms with Gasteiger partial charge in [-0.15, -0.1) is 11.8 Å². The molecule has 1 aliphatic heterocycles. The first kappa shape index (κ1) is 14.9. The minimum atomic E-state index is -0.245. The first-order chi connectivity index (χ1) is 10.1. The smallest absolute Gasteiger partial charge is 0.244 e. The van der Waals surface area contributed by atoms with Crippen LogP contribution in [-0.4, -0.2) is 28.6 Å². The van der Waals surface area contributed by atoms with Gasteiger partial charge >= 0.3 is 0 Å². The molecule has 114 valence electrons. The number of carbonyl (C=O) groups is 1. The number of carbonyl (C=O) groups excluding carboxylic acids is 1. The van der Waals surface area contributed by atoms with E-state index in [4.69, 9.17) is 0 Å². The van der Waals surface area contributed by atoms with Crippen molar-refractivity contribution >= 4 is 17.7 Å². The van der Waals surface area contributed by atoms with Gasteiger partial charge in [0.2, 0.25) is 5.91 Å². The van der Waals surface area contributed by atoms with E-state index in [-0.39, 0.29) is 11.7 Å². The van der Waals surface area contributed by atoms with Crippen molar-refractivity contribution in [3.63, 3.8) is 0 Å². The molecule has 2 unspecified atom stereocenters. The monoisotopic (exact) mass is 304 g/mol. The van der Waals surface area contributed by atoms with E-state index < -0.39 is 0 Å². The second kappa shape index (κ2) is 5.65. The maximum atomic E-state index is 12.8. The summed E-state index contributed by atoms with van der Waals surface area (Å²) in [6.45, 7) is 4.35. The standard InChI is InChI=1S/C17H24N2OS/c1-4-5-12(2)19-15(18-17(10-11-17)16(19)20)13-6-8-14(21-3)9-7-13/h6-9,12,15,18H,4-5,10-11H2,1-3H3. The summed E-state index contributed by atoms with van der Waals surface area (Å²) in [5.74, 6) is 0.308. The summed E-state index contributed by atoms with van der Waals surface area (Å²) < 4.78 is 0. The van der Waals surface area contributed by atoms with Gasteiger partial charge in [-0.25, -0.2) is 0 Å². The van der Waals surface area contributed by atoms with Crippen molar-refractivity contribution in [2.45, 2.75) is 62.2 Å². The molecule has 21 heavy (non-hydrogen) atoms. The van der Waals surface area contributed by atoms with Crippen LogP contribution in [0, 0.1) is 0 Å². The van der Waals surface area contributed by atoms with Gasteiger partial charge in [-0.2, -0.15) is 0 Å². The van der Waals surface area contributed by atoms with Crippen molar-refractivity contribution in [2.75, 3.05) is 6.26 Å². The molecule has 1 heterocycles. The van der Waals surface area contributed by atoms with Crippen molar-refractivity contribution in [1.82, 2.24) is 10.2 Å². The highest BCUT2D eigenvalue weighted by Crippen LogP contribution is 2.47. The van der Waals surface area contributed by atoms with Crippen LogP contribution in [0.2, 0.25) is 0 Å². The van der Waals surface area contributed by atoms with Gasteiger partial charge in [-0.3, -0.25) is 10.1 Å². The summed E-state index contributed by atoms with van der Waals surface area (Å²) in [7, 11) is 0. The molecule has 1 saturated carbocycles. The lowest BCUT2D eigenvalue weighted by molar-refractivity contribution is -0.132. The van der Waals surface area contributed by atoms with Crippen LogP contribution in [0.5, 0.6) is 0 Å². The van der Waals surface area contributed by atoms with E-state index >= 15 is 0 Å². The summed E-state index contributed by atoms with van der Waals surface area (Å²) in [6, 6.07) is 8.90. The number of rotatable bonds is 5. The summed E-state index contributed by atoms with van der Waals surface area (Å²) in [6.07, 6.45) is 6.26. The zero-order valence-corrected chi connectivity index (χ0v) is 13.9. The number of hydrogen-bond acceptors (Lipinski definition) is 3. The van der Waals surface area contributed by atoms with Crippen molar-refractivity contribution in [2.24, 2.45) is 0 Å². The number of nitrogens with one attached hydrogen (secondary N) is 1. The van der Waals surface area contributed by atoms with Gasteiger partial charge in [0, 0.05) is 10.9 Å². The van der Waals surface area contributed by atoms with Gasteiger partial charge in [0.05, 0.1) is 0 Å². The first-order valence-electron chi connectivity index (χ1n) is 7.86. The van der Waals surface area contributed by atoms with E-state index in [0.29, 0.717) is 11.9 Å². The molecule has 3 rings (SSSR count). The topological polar surface area (TPSA) is 32.3 Å². The highest BCUT2D eigenvalue weighted by Gasteiger charge is 2.60. The molecule has 1 saturated heterocycles. The highest BCUT2D eigenvalue weighted by molar-refractivity contribution is 7.98. The number of amides is 1. The van der Waals surface area contributed by atoms with Crippen LogP contribution < -0.4 is 5.32 Å². The van der Waals surface area contributed by atoms with E-state index in [2.05, 4.69) is 54.6 Å². The zero-order valence-electron chi connectivity index (χ0n) is 13.1. The van der Waals surface area contributed by atoms with Gasteiger partial charge < -0.3 is 4.90 Å².